The van der Waals surface area contributed by atoms with E-state index in [-0.39, 0.29) is 17.9 Å². The quantitative estimate of drug-likeness (QED) is 0.916. The summed E-state index contributed by atoms with van der Waals surface area (Å²) in [7, 11) is 0. The van der Waals surface area contributed by atoms with Crippen LogP contribution < -0.4 is 5.32 Å². The molecule has 3 heterocycles. The second kappa shape index (κ2) is 7.46. The van der Waals surface area contributed by atoms with Crippen LogP contribution in [-0.2, 0) is 11.2 Å². The molecule has 0 aromatic carbocycles. The number of aryl methyl sites for hydroxylation is 1. The van der Waals surface area contributed by atoms with Gasteiger partial charge in [-0.1, -0.05) is 6.07 Å². The monoisotopic (exact) mass is 332 g/mol. The molecule has 5 nitrogen and oxygen atoms in total. The first-order valence-corrected chi connectivity index (χ1v) is 8.75. The topological polar surface area (TPSA) is 62.6 Å². The lowest BCUT2D eigenvalue weighted by atomic mass is 10.0. The third-order valence-corrected chi connectivity index (χ3v) is 5.03. The zero-order chi connectivity index (χ0) is 16.1. The van der Waals surface area contributed by atoms with Crippen molar-refractivity contribution < 1.29 is 14.0 Å². The number of carbonyl (C=O) groups is 2. The average Bonchev–Trinajstić information content (AvgIpc) is 3.26. The first kappa shape index (κ1) is 15.8. The molecule has 1 saturated heterocycles. The van der Waals surface area contributed by atoms with Crippen LogP contribution in [0.2, 0.25) is 0 Å². The van der Waals surface area contributed by atoms with Gasteiger partial charge in [0.15, 0.2) is 5.76 Å². The van der Waals surface area contributed by atoms with Crippen LogP contribution in [0.1, 0.15) is 34.7 Å². The molecule has 2 aromatic rings. The molecule has 2 amide bonds. The van der Waals surface area contributed by atoms with E-state index in [1.807, 2.05) is 16.3 Å². The number of thiophene rings is 1. The molecule has 0 unspecified atom stereocenters. The van der Waals surface area contributed by atoms with Crippen LogP contribution in [0, 0.1) is 0 Å². The van der Waals surface area contributed by atoms with E-state index in [2.05, 4.69) is 11.4 Å². The second-order valence-corrected chi connectivity index (χ2v) is 6.72. The number of rotatable bonds is 5. The Balaban J connectivity index is 1.41. The fourth-order valence-corrected chi connectivity index (χ4v) is 3.49. The third-order valence-electron chi connectivity index (χ3n) is 4.09. The molecule has 0 saturated carbocycles. The van der Waals surface area contributed by atoms with E-state index in [1.54, 1.807) is 23.5 Å². The van der Waals surface area contributed by atoms with Crippen molar-refractivity contribution in [2.45, 2.75) is 31.7 Å². The highest BCUT2D eigenvalue weighted by molar-refractivity contribution is 7.09. The van der Waals surface area contributed by atoms with Crippen LogP contribution in [-0.4, -0.2) is 35.8 Å². The largest absolute Gasteiger partial charge is 0.459 e. The molecule has 2 aromatic heterocycles. The zero-order valence-corrected chi connectivity index (χ0v) is 13.7. The molecule has 0 radical (unpaired) electrons. The van der Waals surface area contributed by atoms with Crippen LogP contribution in [0.3, 0.4) is 0 Å². The van der Waals surface area contributed by atoms with Gasteiger partial charge in [0.05, 0.1) is 6.26 Å². The Bertz CT molecular complexity index is 629. The number of furan rings is 1. The van der Waals surface area contributed by atoms with Crippen molar-refractivity contribution in [3.8, 4) is 0 Å². The Labute approximate surface area is 139 Å². The van der Waals surface area contributed by atoms with E-state index in [1.165, 1.54) is 11.1 Å². The van der Waals surface area contributed by atoms with Gasteiger partial charge in [-0.2, -0.15) is 0 Å². The fourth-order valence-electron chi connectivity index (χ4n) is 2.78. The Morgan fingerprint density at radius 2 is 2.09 bits per heavy atom. The van der Waals surface area contributed by atoms with Crippen molar-refractivity contribution in [3.05, 3.63) is 46.5 Å². The molecule has 0 atom stereocenters. The highest BCUT2D eigenvalue weighted by Gasteiger charge is 2.24. The molecule has 122 valence electrons. The number of hydrogen-bond donors (Lipinski definition) is 1. The first-order chi connectivity index (χ1) is 11.2. The number of piperidine rings is 1. The molecule has 23 heavy (non-hydrogen) atoms. The maximum Gasteiger partial charge on any atom is 0.287 e. The lowest BCUT2D eigenvalue weighted by Gasteiger charge is -2.32. The Morgan fingerprint density at radius 1 is 1.26 bits per heavy atom. The van der Waals surface area contributed by atoms with Crippen LogP contribution in [0.25, 0.3) is 0 Å². The molecule has 0 spiro atoms. The van der Waals surface area contributed by atoms with E-state index < -0.39 is 0 Å². The molecule has 3 rings (SSSR count). The minimum Gasteiger partial charge on any atom is -0.459 e. The summed E-state index contributed by atoms with van der Waals surface area (Å²) >= 11 is 1.69. The number of carbonyl (C=O) groups excluding carboxylic acids is 2. The molecule has 0 aliphatic carbocycles. The Hall–Kier alpha value is -2.08. The molecule has 6 heteroatoms. The maximum absolute atomic E-state index is 12.2. The van der Waals surface area contributed by atoms with E-state index in [4.69, 9.17) is 4.42 Å². The predicted molar refractivity (Wildman–Crippen MR) is 88.4 cm³/mol. The van der Waals surface area contributed by atoms with E-state index >= 15 is 0 Å². The number of hydrogen-bond acceptors (Lipinski definition) is 4. The zero-order valence-electron chi connectivity index (χ0n) is 12.9. The SMILES string of the molecule is O=C(NC1CCN(C(=O)CCc2cccs2)CC1)c1ccco1. The number of likely N-dealkylation sites (tertiary alicyclic amines) is 1. The standard InChI is InChI=1S/C17H20N2O3S/c20-16(6-5-14-3-2-12-23-14)19-9-7-13(8-10-19)18-17(21)15-4-1-11-22-15/h1-4,11-13H,5-10H2,(H,18,21). The molecular formula is C17H20N2O3S. The smallest absolute Gasteiger partial charge is 0.287 e. The van der Waals surface area contributed by atoms with Crippen molar-refractivity contribution in [1.82, 2.24) is 10.2 Å². The Kier molecular flexibility index (Phi) is 5.12. The second-order valence-electron chi connectivity index (χ2n) is 5.69. The van der Waals surface area contributed by atoms with Gasteiger partial charge in [-0.05, 0) is 42.8 Å². The summed E-state index contributed by atoms with van der Waals surface area (Å²) < 4.78 is 5.09. The Morgan fingerprint density at radius 3 is 2.74 bits per heavy atom. The van der Waals surface area contributed by atoms with Gasteiger partial charge in [-0.3, -0.25) is 9.59 Å². The molecular weight excluding hydrogens is 312 g/mol. The summed E-state index contributed by atoms with van der Waals surface area (Å²) in [6.45, 7) is 1.40. The molecule has 0 bridgehead atoms. The van der Waals surface area contributed by atoms with Crippen molar-refractivity contribution in [3.63, 3.8) is 0 Å². The minimum absolute atomic E-state index is 0.106. The molecule has 1 aliphatic rings. The van der Waals surface area contributed by atoms with Gasteiger partial charge < -0.3 is 14.6 Å². The van der Waals surface area contributed by atoms with Gasteiger partial charge in [-0.15, -0.1) is 11.3 Å². The normalized spacial score (nSPS) is 15.6. The van der Waals surface area contributed by atoms with Gasteiger partial charge in [0.25, 0.3) is 5.91 Å². The first-order valence-electron chi connectivity index (χ1n) is 7.87. The predicted octanol–water partition coefficient (Wildman–Crippen LogP) is 2.69. The molecule has 1 aliphatic heterocycles. The van der Waals surface area contributed by atoms with Crippen molar-refractivity contribution in [2.75, 3.05) is 13.1 Å². The van der Waals surface area contributed by atoms with Crippen LogP contribution in [0.15, 0.2) is 40.3 Å². The summed E-state index contributed by atoms with van der Waals surface area (Å²) in [6.07, 6.45) is 4.44. The lowest BCUT2D eigenvalue weighted by Crippen LogP contribution is -2.46. The van der Waals surface area contributed by atoms with Gasteiger partial charge in [0.1, 0.15) is 0 Å². The van der Waals surface area contributed by atoms with Crippen LogP contribution >= 0.6 is 11.3 Å². The highest BCUT2D eigenvalue weighted by Crippen LogP contribution is 2.15. The van der Waals surface area contributed by atoms with Crippen molar-refractivity contribution in [2.24, 2.45) is 0 Å². The van der Waals surface area contributed by atoms with Crippen LogP contribution in [0.5, 0.6) is 0 Å². The minimum atomic E-state index is -0.183. The summed E-state index contributed by atoms with van der Waals surface area (Å²) in [5.41, 5.74) is 0. The average molecular weight is 332 g/mol. The summed E-state index contributed by atoms with van der Waals surface area (Å²) in [5.74, 6) is 0.353. The molecule has 1 fully saturated rings. The summed E-state index contributed by atoms with van der Waals surface area (Å²) in [4.78, 5) is 27.3. The third kappa shape index (κ3) is 4.22. The van der Waals surface area contributed by atoms with Gasteiger partial charge in [0.2, 0.25) is 5.91 Å². The van der Waals surface area contributed by atoms with E-state index in [0.717, 1.165) is 19.3 Å². The van der Waals surface area contributed by atoms with E-state index in [9.17, 15) is 9.59 Å². The van der Waals surface area contributed by atoms with E-state index in [0.29, 0.717) is 25.3 Å². The maximum atomic E-state index is 12.2. The van der Waals surface area contributed by atoms with Crippen molar-refractivity contribution >= 4 is 23.2 Å². The van der Waals surface area contributed by atoms with Gasteiger partial charge in [-0.25, -0.2) is 0 Å². The van der Waals surface area contributed by atoms with Gasteiger partial charge in [0, 0.05) is 30.4 Å². The van der Waals surface area contributed by atoms with Crippen LogP contribution in [0.4, 0.5) is 0 Å². The number of nitrogens with zero attached hydrogens (tertiary/aromatic N) is 1. The lowest BCUT2D eigenvalue weighted by molar-refractivity contribution is -0.132. The van der Waals surface area contributed by atoms with Crippen molar-refractivity contribution in [1.29, 1.82) is 0 Å². The summed E-state index contributed by atoms with van der Waals surface area (Å²) in [6, 6.07) is 7.53. The fraction of sp³-hybridized carbons (Fsp3) is 0.412. The number of nitrogens with one attached hydrogen (secondary N) is 1. The van der Waals surface area contributed by atoms with Gasteiger partial charge >= 0.3 is 0 Å². The highest BCUT2D eigenvalue weighted by atomic mass is 32.1. The summed E-state index contributed by atoms with van der Waals surface area (Å²) in [5, 5.41) is 5.00. The number of amides is 2. The molecule has 1 N–H and O–H groups in total.